The van der Waals surface area contributed by atoms with Gasteiger partial charge in [-0.25, -0.2) is 9.37 Å². The van der Waals surface area contributed by atoms with Crippen molar-refractivity contribution >= 4 is 34.2 Å². The SMILES string of the molecule is C=CC(=O)NC1CCOCC1Nc1cc2cc(C(C)(C)c3c(F)c(OC)cc(OC)c3Cl)[nH]c2cn1. The van der Waals surface area contributed by atoms with Gasteiger partial charge in [0.15, 0.2) is 11.6 Å². The summed E-state index contributed by atoms with van der Waals surface area (Å²) in [7, 11) is 2.87. The number of hydrogen-bond donors (Lipinski definition) is 3. The Balaban J connectivity index is 1.66. The highest BCUT2D eigenvalue weighted by Gasteiger charge is 2.34. The van der Waals surface area contributed by atoms with Gasteiger partial charge in [-0.1, -0.05) is 32.0 Å². The molecule has 3 N–H and O–H groups in total. The normalized spacial score (nSPS) is 18.1. The summed E-state index contributed by atoms with van der Waals surface area (Å²) in [6.07, 6.45) is 3.65. The first-order valence-electron chi connectivity index (χ1n) is 11.6. The van der Waals surface area contributed by atoms with Gasteiger partial charge in [0, 0.05) is 34.7 Å². The molecule has 1 saturated heterocycles. The number of ether oxygens (including phenoxy) is 3. The topological polar surface area (TPSA) is 97.5 Å². The predicted octanol–water partition coefficient (Wildman–Crippen LogP) is 4.57. The molecule has 8 nitrogen and oxygen atoms in total. The molecule has 1 amide bonds. The Morgan fingerprint density at radius 3 is 2.72 bits per heavy atom. The Labute approximate surface area is 214 Å². The number of carbonyl (C=O) groups excluding carboxylic acids is 1. The Hall–Kier alpha value is -3.30. The number of carbonyl (C=O) groups is 1. The van der Waals surface area contributed by atoms with Crippen LogP contribution in [0.15, 0.2) is 37.1 Å². The standard InChI is InChI=1S/C26H30ClFN4O4/c1-6-22(33)32-15-7-8-36-13-17(15)31-21-10-14-9-20(30-16(14)12-29-21)26(2,3)23-24(27)18(34-4)11-19(35-5)25(23)28/h6,9-12,15,17,30H,1,7-8,13H2,2-5H3,(H,29,31)(H,32,33). The Morgan fingerprint density at radius 1 is 1.28 bits per heavy atom. The van der Waals surface area contributed by atoms with Crippen LogP contribution in [0.4, 0.5) is 10.2 Å². The number of hydrogen-bond acceptors (Lipinski definition) is 6. The number of benzene rings is 1. The zero-order valence-electron chi connectivity index (χ0n) is 20.7. The molecule has 0 spiro atoms. The van der Waals surface area contributed by atoms with Crippen LogP contribution in [0.1, 0.15) is 31.5 Å². The maximum absolute atomic E-state index is 15.4. The summed E-state index contributed by atoms with van der Waals surface area (Å²) in [5, 5.41) is 7.38. The lowest BCUT2D eigenvalue weighted by Crippen LogP contribution is -2.52. The number of anilines is 1. The number of nitrogens with zero attached hydrogens (tertiary/aromatic N) is 1. The molecular formula is C26H30ClFN4O4. The lowest BCUT2D eigenvalue weighted by molar-refractivity contribution is -0.117. The highest BCUT2D eigenvalue weighted by atomic mass is 35.5. The average molecular weight is 517 g/mol. The van der Waals surface area contributed by atoms with E-state index in [0.29, 0.717) is 31.2 Å². The largest absolute Gasteiger partial charge is 0.495 e. The lowest BCUT2D eigenvalue weighted by Gasteiger charge is -2.32. The minimum absolute atomic E-state index is 0.0522. The molecule has 1 aliphatic rings. The molecule has 3 heterocycles. The molecule has 10 heteroatoms. The highest BCUT2D eigenvalue weighted by molar-refractivity contribution is 6.33. The fourth-order valence-electron chi connectivity index (χ4n) is 4.50. The summed E-state index contributed by atoms with van der Waals surface area (Å²) in [5.74, 6) is 0.241. The first-order valence-corrected chi connectivity index (χ1v) is 11.9. The second-order valence-corrected chi connectivity index (χ2v) is 9.56. The van der Waals surface area contributed by atoms with Gasteiger partial charge >= 0.3 is 0 Å². The van der Waals surface area contributed by atoms with Crippen LogP contribution in [0.2, 0.25) is 5.02 Å². The molecule has 36 heavy (non-hydrogen) atoms. The third kappa shape index (κ3) is 4.85. The third-order valence-electron chi connectivity index (χ3n) is 6.58. The number of amides is 1. The van der Waals surface area contributed by atoms with Gasteiger partial charge in [0.25, 0.3) is 0 Å². The molecule has 3 aromatic rings. The summed E-state index contributed by atoms with van der Waals surface area (Å²) in [6, 6.07) is 5.01. The van der Waals surface area contributed by atoms with Crippen molar-refractivity contribution in [2.24, 2.45) is 0 Å². The van der Waals surface area contributed by atoms with Crippen molar-refractivity contribution in [1.82, 2.24) is 15.3 Å². The van der Waals surface area contributed by atoms with Crippen LogP contribution in [-0.4, -0.2) is 55.4 Å². The molecule has 1 aliphatic heterocycles. The first-order chi connectivity index (χ1) is 17.2. The van der Waals surface area contributed by atoms with Crippen molar-refractivity contribution in [1.29, 1.82) is 0 Å². The first kappa shape index (κ1) is 25.8. The molecule has 4 rings (SSSR count). The Bertz CT molecular complexity index is 1260. The number of methoxy groups -OCH3 is 2. The summed E-state index contributed by atoms with van der Waals surface area (Å²) in [4.78, 5) is 19.7. The molecule has 2 unspecified atom stereocenters. The fraction of sp³-hybridized carbons (Fsp3) is 0.385. The smallest absolute Gasteiger partial charge is 0.243 e. The number of pyridine rings is 1. The maximum Gasteiger partial charge on any atom is 0.243 e. The monoisotopic (exact) mass is 516 g/mol. The number of nitrogens with one attached hydrogen (secondary N) is 3. The molecule has 0 radical (unpaired) electrons. The van der Waals surface area contributed by atoms with Gasteiger partial charge in [-0.2, -0.15) is 0 Å². The van der Waals surface area contributed by atoms with Crippen LogP contribution >= 0.6 is 11.6 Å². The van der Waals surface area contributed by atoms with Crippen LogP contribution < -0.4 is 20.1 Å². The number of H-pyrrole nitrogens is 1. The predicted molar refractivity (Wildman–Crippen MR) is 138 cm³/mol. The zero-order valence-corrected chi connectivity index (χ0v) is 21.5. The van der Waals surface area contributed by atoms with E-state index in [1.807, 2.05) is 26.0 Å². The van der Waals surface area contributed by atoms with Crippen molar-refractivity contribution in [3.8, 4) is 11.5 Å². The molecule has 0 aliphatic carbocycles. The third-order valence-corrected chi connectivity index (χ3v) is 6.96. The number of aromatic nitrogens is 2. The van der Waals surface area contributed by atoms with Crippen molar-refractivity contribution in [3.63, 3.8) is 0 Å². The van der Waals surface area contributed by atoms with E-state index in [1.165, 1.54) is 26.4 Å². The second kappa shape index (κ2) is 10.4. The van der Waals surface area contributed by atoms with Crippen LogP contribution in [0, 0.1) is 5.82 Å². The van der Waals surface area contributed by atoms with Gasteiger partial charge in [0.1, 0.15) is 11.6 Å². The van der Waals surface area contributed by atoms with Gasteiger partial charge in [-0.3, -0.25) is 4.79 Å². The molecule has 0 bridgehead atoms. The van der Waals surface area contributed by atoms with Crippen LogP contribution in [0.25, 0.3) is 10.9 Å². The number of rotatable bonds is 8. The van der Waals surface area contributed by atoms with Crippen LogP contribution in [-0.2, 0) is 14.9 Å². The summed E-state index contributed by atoms with van der Waals surface area (Å²) < 4.78 is 31.6. The van der Waals surface area contributed by atoms with Gasteiger partial charge in [-0.05, 0) is 24.6 Å². The van der Waals surface area contributed by atoms with E-state index >= 15 is 4.39 Å². The van der Waals surface area contributed by atoms with Gasteiger partial charge in [0.05, 0.1) is 49.6 Å². The molecule has 1 aromatic carbocycles. The number of fused-ring (bicyclic) bond motifs is 1. The van der Waals surface area contributed by atoms with Crippen LogP contribution in [0.3, 0.4) is 0 Å². The van der Waals surface area contributed by atoms with Crippen molar-refractivity contribution in [2.45, 2.75) is 37.8 Å². The van der Waals surface area contributed by atoms with E-state index < -0.39 is 11.2 Å². The average Bonchev–Trinajstić information content (AvgIpc) is 3.30. The summed E-state index contributed by atoms with van der Waals surface area (Å²) >= 11 is 6.57. The highest BCUT2D eigenvalue weighted by Crippen LogP contribution is 2.45. The second-order valence-electron chi connectivity index (χ2n) is 9.18. The van der Waals surface area contributed by atoms with Gasteiger partial charge in [-0.15, -0.1) is 0 Å². The lowest BCUT2D eigenvalue weighted by atomic mass is 9.80. The van der Waals surface area contributed by atoms with Gasteiger partial charge in [0.2, 0.25) is 5.91 Å². The number of halogens is 2. The minimum atomic E-state index is -0.854. The van der Waals surface area contributed by atoms with Crippen molar-refractivity contribution in [3.05, 3.63) is 59.1 Å². The molecular weight excluding hydrogens is 487 g/mol. The summed E-state index contributed by atoms with van der Waals surface area (Å²) in [6.45, 7) is 8.27. The molecule has 2 atom stereocenters. The van der Waals surface area contributed by atoms with E-state index in [4.69, 9.17) is 25.8 Å². The molecule has 1 fully saturated rings. The van der Waals surface area contributed by atoms with E-state index in [1.54, 1.807) is 6.20 Å². The van der Waals surface area contributed by atoms with Gasteiger partial charge < -0.3 is 29.8 Å². The molecule has 192 valence electrons. The van der Waals surface area contributed by atoms with E-state index in [2.05, 4.69) is 27.2 Å². The quantitative estimate of drug-likeness (QED) is 0.379. The zero-order chi connectivity index (χ0) is 26.0. The van der Waals surface area contributed by atoms with E-state index in [0.717, 1.165) is 16.6 Å². The van der Waals surface area contributed by atoms with Crippen molar-refractivity contribution in [2.75, 3.05) is 32.8 Å². The van der Waals surface area contributed by atoms with E-state index in [9.17, 15) is 4.79 Å². The maximum atomic E-state index is 15.4. The Morgan fingerprint density at radius 2 is 2.03 bits per heavy atom. The Kier molecular flexibility index (Phi) is 7.42. The molecule has 0 saturated carbocycles. The van der Waals surface area contributed by atoms with E-state index in [-0.39, 0.29) is 34.3 Å². The minimum Gasteiger partial charge on any atom is -0.495 e. The van der Waals surface area contributed by atoms with Crippen LogP contribution in [0.5, 0.6) is 11.5 Å². The molecule has 2 aromatic heterocycles. The number of aromatic amines is 1. The fourth-order valence-corrected chi connectivity index (χ4v) is 4.95. The van der Waals surface area contributed by atoms with Crippen molar-refractivity contribution < 1.29 is 23.4 Å². The summed E-state index contributed by atoms with van der Waals surface area (Å²) in [5.41, 5.74) is 0.932.